The number of thioether (sulfide) groups is 1. The largest absolute Gasteiger partial charge is 0.398 e. The minimum Gasteiger partial charge on any atom is -0.170 e. The third kappa shape index (κ3) is 4.08. The van der Waals surface area contributed by atoms with E-state index in [9.17, 15) is 13.2 Å². The van der Waals surface area contributed by atoms with Gasteiger partial charge in [-0.15, -0.1) is 11.8 Å². The molecular weight excluding hydrogens is 324 g/mol. The topological polar surface area (TPSA) is 0 Å². The fourth-order valence-electron chi connectivity index (χ4n) is 0.889. The molecule has 0 fully saturated rings. The molecule has 1 rings (SSSR count). The van der Waals surface area contributed by atoms with Crippen molar-refractivity contribution < 1.29 is 13.2 Å². The van der Waals surface area contributed by atoms with Crippen LogP contribution < -0.4 is 0 Å². The Labute approximate surface area is 98.4 Å². The van der Waals surface area contributed by atoms with Crippen molar-refractivity contribution in [2.75, 3.05) is 5.75 Å². The van der Waals surface area contributed by atoms with Gasteiger partial charge in [0.1, 0.15) is 0 Å². The second-order valence-electron chi connectivity index (χ2n) is 2.81. The normalized spacial score (nSPS) is 11.8. The molecule has 0 spiro atoms. The first-order valence-corrected chi connectivity index (χ1v) is 5.90. The third-order valence-corrected chi connectivity index (χ3v) is 3.44. The number of aryl methyl sites for hydroxylation is 1. The summed E-state index contributed by atoms with van der Waals surface area (Å²) in [5.74, 6) is -0.825. The highest BCUT2D eigenvalue weighted by atomic mass is 127. The molecule has 1 aromatic rings. The minimum atomic E-state index is -4.10. The van der Waals surface area contributed by atoms with Crippen LogP contribution in [0, 0.1) is 10.5 Å². The SMILES string of the molecule is Cc1ccc(I)cc1SCC(F)(F)F. The van der Waals surface area contributed by atoms with Gasteiger partial charge in [0, 0.05) is 8.47 Å². The van der Waals surface area contributed by atoms with Crippen LogP contribution in [0.5, 0.6) is 0 Å². The molecule has 0 N–H and O–H groups in total. The van der Waals surface area contributed by atoms with Crippen molar-refractivity contribution in [2.45, 2.75) is 18.0 Å². The van der Waals surface area contributed by atoms with Crippen molar-refractivity contribution in [3.63, 3.8) is 0 Å². The zero-order valence-electron chi connectivity index (χ0n) is 7.36. The number of hydrogen-bond donors (Lipinski definition) is 0. The van der Waals surface area contributed by atoms with E-state index in [0.717, 1.165) is 20.9 Å². The van der Waals surface area contributed by atoms with Crippen LogP contribution in [0.1, 0.15) is 5.56 Å². The van der Waals surface area contributed by atoms with Gasteiger partial charge >= 0.3 is 6.18 Å². The molecular formula is C9H8F3IS. The second kappa shape index (κ2) is 4.74. The summed E-state index contributed by atoms with van der Waals surface area (Å²) in [7, 11) is 0. The Hall–Kier alpha value is 0.0900. The predicted molar refractivity (Wildman–Crippen MR) is 60.7 cm³/mol. The molecule has 0 radical (unpaired) electrons. The zero-order chi connectivity index (χ0) is 10.8. The molecule has 0 aliphatic carbocycles. The van der Waals surface area contributed by atoms with Crippen molar-refractivity contribution in [3.8, 4) is 0 Å². The molecule has 0 aromatic heterocycles. The number of hydrogen-bond acceptors (Lipinski definition) is 1. The van der Waals surface area contributed by atoms with Crippen LogP contribution in [0.25, 0.3) is 0 Å². The fourth-order valence-corrected chi connectivity index (χ4v) is 2.42. The van der Waals surface area contributed by atoms with Crippen molar-refractivity contribution in [1.29, 1.82) is 0 Å². The van der Waals surface area contributed by atoms with Gasteiger partial charge in [-0.25, -0.2) is 0 Å². The van der Waals surface area contributed by atoms with Crippen molar-refractivity contribution >= 4 is 34.4 Å². The fraction of sp³-hybridized carbons (Fsp3) is 0.333. The van der Waals surface area contributed by atoms with E-state index in [1.807, 2.05) is 19.1 Å². The summed E-state index contributed by atoms with van der Waals surface area (Å²) in [5.41, 5.74) is 0.889. The Kier molecular flexibility index (Phi) is 4.12. The molecule has 0 atom stereocenters. The average Bonchev–Trinajstić information content (AvgIpc) is 2.05. The molecule has 0 saturated heterocycles. The van der Waals surface area contributed by atoms with Gasteiger partial charge in [-0.1, -0.05) is 6.07 Å². The monoisotopic (exact) mass is 332 g/mol. The average molecular weight is 332 g/mol. The highest BCUT2D eigenvalue weighted by Crippen LogP contribution is 2.30. The summed E-state index contributed by atoms with van der Waals surface area (Å²) in [6.07, 6.45) is -4.10. The van der Waals surface area contributed by atoms with E-state index in [1.165, 1.54) is 0 Å². The Morgan fingerprint density at radius 1 is 1.36 bits per heavy atom. The van der Waals surface area contributed by atoms with Gasteiger partial charge in [0.2, 0.25) is 0 Å². The van der Waals surface area contributed by atoms with Gasteiger partial charge in [0.25, 0.3) is 0 Å². The maximum Gasteiger partial charge on any atom is 0.398 e. The highest BCUT2D eigenvalue weighted by Gasteiger charge is 2.27. The molecule has 0 nitrogen and oxygen atoms in total. The molecule has 1 aromatic carbocycles. The molecule has 0 bridgehead atoms. The summed E-state index contributed by atoms with van der Waals surface area (Å²) in [4.78, 5) is 0.703. The van der Waals surface area contributed by atoms with E-state index < -0.39 is 11.9 Å². The number of rotatable bonds is 2. The smallest absolute Gasteiger partial charge is 0.170 e. The van der Waals surface area contributed by atoms with Gasteiger partial charge in [-0.3, -0.25) is 0 Å². The van der Waals surface area contributed by atoms with Crippen molar-refractivity contribution in [3.05, 3.63) is 27.3 Å². The molecule has 14 heavy (non-hydrogen) atoms. The van der Waals surface area contributed by atoms with Crippen LogP contribution in [0.2, 0.25) is 0 Å². The first-order valence-electron chi connectivity index (χ1n) is 3.84. The van der Waals surface area contributed by atoms with E-state index in [0.29, 0.717) is 4.90 Å². The van der Waals surface area contributed by atoms with Crippen LogP contribution in [0.3, 0.4) is 0 Å². The number of alkyl halides is 3. The summed E-state index contributed by atoms with van der Waals surface area (Å²) in [5, 5.41) is 0. The van der Waals surface area contributed by atoms with Crippen LogP contribution >= 0.6 is 34.4 Å². The minimum absolute atomic E-state index is 0.703. The molecule has 0 amide bonds. The lowest BCUT2D eigenvalue weighted by Gasteiger charge is -2.08. The molecule has 0 aliphatic rings. The van der Waals surface area contributed by atoms with E-state index in [2.05, 4.69) is 22.6 Å². The standard InChI is InChI=1S/C9H8F3IS/c1-6-2-3-7(13)4-8(6)14-5-9(10,11)12/h2-4H,5H2,1H3. The van der Waals surface area contributed by atoms with E-state index in [1.54, 1.807) is 6.07 Å². The lowest BCUT2D eigenvalue weighted by atomic mass is 10.2. The molecule has 0 heterocycles. The quantitative estimate of drug-likeness (QED) is 0.576. The Balaban J connectivity index is 2.72. The first kappa shape index (κ1) is 12.2. The van der Waals surface area contributed by atoms with Crippen LogP contribution in [0.4, 0.5) is 13.2 Å². The second-order valence-corrected chi connectivity index (χ2v) is 5.08. The summed E-state index contributed by atoms with van der Waals surface area (Å²) in [6, 6.07) is 5.49. The van der Waals surface area contributed by atoms with Gasteiger partial charge in [0.05, 0.1) is 5.75 Å². The Morgan fingerprint density at radius 2 is 2.00 bits per heavy atom. The first-order chi connectivity index (χ1) is 6.38. The lowest BCUT2D eigenvalue weighted by molar-refractivity contribution is -0.105. The Morgan fingerprint density at radius 3 is 2.57 bits per heavy atom. The zero-order valence-corrected chi connectivity index (χ0v) is 10.3. The molecule has 5 heteroatoms. The van der Waals surface area contributed by atoms with Crippen LogP contribution in [-0.2, 0) is 0 Å². The molecule has 0 aliphatic heterocycles. The molecule has 0 unspecified atom stereocenters. The van der Waals surface area contributed by atoms with Gasteiger partial charge < -0.3 is 0 Å². The van der Waals surface area contributed by atoms with Gasteiger partial charge in [-0.2, -0.15) is 13.2 Å². The third-order valence-electron chi connectivity index (χ3n) is 1.54. The maximum atomic E-state index is 12.0. The van der Waals surface area contributed by atoms with Crippen LogP contribution in [0.15, 0.2) is 23.1 Å². The highest BCUT2D eigenvalue weighted by molar-refractivity contribution is 14.1. The number of benzene rings is 1. The predicted octanol–water partition coefficient (Wildman–Crippen LogP) is 4.25. The summed E-state index contributed by atoms with van der Waals surface area (Å²) < 4.78 is 36.8. The number of halogens is 4. The summed E-state index contributed by atoms with van der Waals surface area (Å²) in [6.45, 7) is 1.81. The van der Waals surface area contributed by atoms with E-state index in [-0.39, 0.29) is 0 Å². The van der Waals surface area contributed by atoms with Gasteiger partial charge in [-0.05, 0) is 47.2 Å². The lowest BCUT2D eigenvalue weighted by Crippen LogP contribution is -2.10. The molecule has 78 valence electrons. The summed E-state index contributed by atoms with van der Waals surface area (Å²) >= 11 is 2.93. The van der Waals surface area contributed by atoms with Gasteiger partial charge in [0.15, 0.2) is 0 Å². The Bertz CT molecular complexity index is 322. The van der Waals surface area contributed by atoms with Crippen molar-refractivity contribution in [2.24, 2.45) is 0 Å². The van der Waals surface area contributed by atoms with Crippen LogP contribution in [-0.4, -0.2) is 11.9 Å². The molecule has 0 saturated carbocycles. The van der Waals surface area contributed by atoms with E-state index in [4.69, 9.17) is 0 Å². The van der Waals surface area contributed by atoms with Crippen molar-refractivity contribution in [1.82, 2.24) is 0 Å². The van der Waals surface area contributed by atoms with E-state index >= 15 is 0 Å². The maximum absolute atomic E-state index is 12.0.